The van der Waals surface area contributed by atoms with Crippen molar-refractivity contribution in [1.29, 1.82) is 0 Å². The number of amides is 2. The average Bonchev–Trinajstić information content (AvgIpc) is 3.23. The van der Waals surface area contributed by atoms with Crippen molar-refractivity contribution in [1.82, 2.24) is 9.88 Å². The molecular weight excluding hydrogens is 453 g/mol. The maximum atomic E-state index is 12.9. The van der Waals surface area contributed by atoms with Crippen LogP contribution in [0, 0.1) is 0 Å². The Morgan fingerprint density at radius 3 is 2.55 bits per heavy atom. The van der Waals surface area contributed by atoms with Crippen molar-refractivity contribution >= 4 is 34.7 Å². The molecule has 172 valence electrons. The van der Waals surface area contributed by atoms with Crippen molar-refractivity contribution in [2.45, 2.75) is 12.6 Å². The molecule has 0 radical (unpaired) electrons. The number of carbonyl (C=O) groups excluding carboxylic acids is 2. The summed E-state index contributed by atoms with van der Waals surface area (Å²) in [6.07, 6.45) is -2.25. The third-order valence-electron chi connectivity index (χ3n) is 5.30. The van der Waals surface area contributed by atoms with Crippen LogP contribution in [-0.2, 0) is 6.18 Å². The first-order valence-corrected chi connectivity index (χ1v) is 11.2. The molecule has 1 fully saturated rings. The normalized spacial score (nSPS) is 14.6. The minimum atomic E-state index is -4.52. The molecule has 0 aliphatic carbocycles. The van der Waals surface area contributed by atoms with Crippen LogP contribution in [0.2, 0.25) is 0 Å². The number of hydrogen-bond donors (Lipinski definition) is 1. The molecule has 2 aromatic heterocycles. The van der Waals surface area contributed by atoms with Crippen molar-refractivity contribution in [3.63, 3.8) is 0 Å². The van der Waals surface area contributed by atoms with Gasteiger partial charge in [-0.25, -0.2) is 4.98 Å². The fourth-order valence-corrected chi connectivity index (χ4v) is 4.28. The van der Waals surface area contributed by atoms with Crippen LogP contribution in [0.5, 0.6) is 0 Å². The molecule has 3 heterocycles. The van der Waals surface area contributed by atoms with Crippen LogP contribution in [0.3, 0.4) is 0 Å². The van der Waals surface area contributed by atoms with E-state index in [2.05, 4.69) is 15.2 Å². The highest BCUT2D eigenvalue weighted by Crippen LogP contribution is 2.29. The summed E-state index contributed by atoms with van der Waals surface area (Å²) < 4.78 is 38.6. The largest absolute Gasteiger partial charge is 0.416 e. The molecule has 1 aliphatic heterocycles. The maximum Gasteiger partial charge on any atom is 0.416 e. The second kappa shape index (κ2) is 9.62. The molecule has 10 heteroatoms. The Balaban J connectivity index is 1.37. The number of aromatic nitrogens is 1. The Morgan fingerprint density at radius 2 is 1.85 bits per heavy atom. The van der Waals surface area contributed by atoms with Crippen molar-refractivity contribution in [2.24, 2.45) is 0 Å². The molecule has 33 heavy (non-hydrogen) atoms. The third kappa shape index (κ3) is 5.51. The first-order valence-electron chi connectivity index (χ1n) is 10.3. The summed E-state index contributed by atoms with van der Waals surface area (Å²) in [6, 6.07) is 11.4. The van der Waals surface area contributed by atoms with Gasteiger partial charge in [-0.05, 0) is 48.2 Å². The number of nitrogens with one attached hydrogen (secondary N) is 1. The van der Waals surface area contributed by atoms with Crippen molar-refractivity contribution in [3.05, 3.63) is 76.1 Å². The highest BCUT2D eigenvalue weighted by molar-refractivity contribution is 7.12. The van der Waals surface area contributed by atoms with Crippen molar-refractivity contribution in [3.8, 4) is 0 Å². The fraction of sp³-hybridized carbons (Fsp3) is 0.261. The molecule has 1 aliphatic rings. The van der Waals surface area contributed by atoms with Gasteiger partial charge in [-0.3, -0.25) is 9.59 Å². The van der Waals surface area contributed by atoms with Crippen molar-refractivity contribution in [2.75, 3.05) is 36.4 Å². The predicted molar refractivity (Wildman–Crippen MR) is 121 cm³/mol. The van der Waals surface area contributed by atoms with E-state index in [1.165, 1.54) is 29.7 Å². The number of benzene rings is 1. The average molecular weight is 475 g/mol. The maximum absolute atomic E-state index is 12.9. The van der Waals surface area contributed by atoms with Crippen LogP contribution in [0.4, 0.5) is 24.7 Å². The van der Waals surface area contributed by atoms with E-state index in [9.17, 15) is 22.8 Å². The zero-order valence-electron chi connectivity index (χ0n) is 17.5. The summed E-state index contributed by atoms with van der Waals surface area (Å²) in [5.41, 5.74) is -0.584. The van der Waals surface area contributed by atoms with E-state index in [-0.39, 0.29) is 11.5 Å². The van der Waals surface area contributed by atoms with Gasteiger partial charge in [0.2, 0.25) is 0 Å². The lowest BCUT2D eigenvalue weighted by molar-refractivity contribution is -0.137. The molecule has 0 bridgehead atoms. The number of alkyl halides is 3. The number of rotatable bonds is 4. The summed E-state index contributed by atoms with van der Waals surface area (Å²) >= 11 is 1.43. The number of pyridine rings is 1. The molecule has 0 unspecified atom stereocenters. The molecule has 0 atom stereocenters. The molecule has 1 N–H and O–H groups in total. The molecular formula is C23H21F3N4O2S. The topological polar surface area (TPSA) is 65.5 Å². The van der Waals surface area contributed by atoms with Crippen LogP contribution in [0.1, 0.15) is 32.0 Å². The van der Waals surface area contributed by atoms with E-state index in [1.54, 1.807) is 12.1 Å². The summed E-state index contributed by atoms with van der Waals surface area (Å²) in [7, 11) is 0. The molecule has 1 saturated heterocycles. The number of hydrogen-bond acceptors (Lipinski definition) is 5. The quantitative estimate of drug-likeness (QED) is 0.592. The summed E-state index contributed by atoms with van der Waals surface area (Å²) in [5.74, 6) is 0.0955. The van der Waals surface area contributed by atoms with Gasteiger partial charge in [0.05, 0.1) is 22.3 Å². The zero-order valence-corrected chi connectivity index (χ0v) is 18.3. The van der Waals surface area contributed by atoms with Crippen LogP contribution in [0.25, 0.3) is 0 Å². The number of carbonyl (C=O) groups is 2. The Labute approximate surface area is 192 Å². The van der Waals surface area contributed by atoms with Gasteiger partial charge in [-0.15, -0.1) is 11.3 Å². The molecule has 0 saturated carbocycles. The first-order chi connectivity index (χ1) is 15.8. The second-order valence-corrected chi connectivity index (χ2v) is 8.50. The lowest BCUT2D eigenvalue weighted by Gasteiger charge is -2.22. The van der Waals surface area contributed by atoms with Gasteiger partial charge in [0.25, 0.3) is 11.8 Å². The summed E-state index contributed by atoms with van der Waals surface area (Å²) in [6.45, 7) is 2.60. The Bertz CT molecular complexity index is 1120. The standard InChI is InChI=1S/C23H21F3N4O2S/c24-23(25,26)17-5-1-4-16(14-17)21(31)28-18-7-8-20(27-15-18)29-9-3-10-30(12-11-29)22(32)19-6-2-13-33-19/h1-2,4-8,13-15H,3,9-12H2,(H,28,31). The Morgan fingerprint density at radius 1 is 1.00 bits per heavy atom. The first kappa shape index (κ1) is 22.8. The van der Waals surface area contributed by atoms with Crippen LogP contribution >= 0.6 is 11.3 Å². The molecule has 0 spiro atoms. The Hall–Kier alpha value is -3.40. The van der Waals surface area contributed by atoms with Crippen LogP contribution < -0.4 is 10.2 Å². The number of nitrogens with zero attached hydrogens (tertiary/aromatic N) is 3. The molecule has 6 nitrogen and oxygen atoms in total. The van der Waals surface area contributed by atoms with Gasteiger partial charge in [0.1, 0.15) is 5.82 Å². The number of thiophene rings is 1. The number of halogens is 3. The Kier molecular flexibility index (Phi) is 6.64. The van der Waals surface area contributed by atoms with E-state index in [4.69, 9.17) is 0 Å². The van der Waals surface area contributed by atoms with Gasteiger partial charge in [0, 0.05) is 31.7 Å². The predicted octanol–water partition coefficient (Wildman–Crippen LogP) is 4.77. The monoisotopic (exact) mass is 474 g/mol. The highest BCUT2D eigenvalue weighted by Gasteiger charge is 2.31. The minimum absolute atomic E-state index is 0.0347. The highest BCUT2D eigenvalue weighted by atomic mass is 32.1. The van der Waals surface area contributed by atoms with E-state index < -0.39 is 17.6 Å². The SMILES string of the molecule is O=C(Nc1ccc(N2CCCN(C(=O)c3cccs3)CC2)nc1)c1cccc(C(F)(F)F)c1. The minimum Gasteiger partial charge on any atom is -0.355 e. The smallest absolute Gasteiger partial charge is 0.355 e. The second-order valence-electron chi connectivity index (χ2n) is 7.55. The lowest BCUT2D eigenvalue weighted by atomic mass is 10.1. The lowest BCUT2D eigenvalue weighted by Crippen LogP contribution is -2.35. The van der Waals surface area contributed by atoms with E-state index in [1.807, 2.05) is 22.4 Å². The van der Waals surface area contributed by atoms with Gasteiger partial charge in [-0.1, -0.05) is 12.1 Å². The molecule has 3 aromatic rings. The number of anilines is 2. The van der Waals surface area contributed by atoms with Gasteiger partial charge in [-0.2, -0.15) is 13.2 Å². The molecule has 4 rings (SSSR count). The zero-order chi connectivity index (χ0) is 23.4. The fourth-order valence-electron chi connectivity index (χ4n) is 3.59. The third-order valence-corrected chi connectivity index (χ3v) is 6.15. The summed E-state index contributed by atoms with van der Waals surface area (Å²) in [5, 5.41) is 4.46. The van der Waals surface area contributed by atoms with Crippen LogP contribution in [0.15, 0.2) is 60.1 Å². The molecule has 2 amide bonds. The van der Waals surface area contributed by atoms with Crippen LogP contribution in [-0.4, -0.2) is 47.9 Å². The van der Waals surface area contributed by atoms with E-state index >= 15 is 0 Å². The summed E-state index contributed by atoms with van der Waals surface area (Å²) in [4.78, 5) is 34.0. The van der Waals surface area contributed by atoms with Gasteiger partial charge in [0.15, 0.2) is 0 Å². The van der Waals surface area contributed by atoms with E-state index in [0.29, 0.717) is 31.1 Å². The molecule has 1 aromatic carbocycles. The van der Waals surface area contributed by atoms with Gasteiger partial charge < -0.3 is 15.1 Å². The van der Waals surface area contributed by atoms with Gasteiger partial charge >= 0.3 is 6.18 Å². The van der Waals surface area contributed by atoms with Crippen molar-refractivity contribution < 1.29 is 22.8 Å². The van der Waals surface area contributed by atoms with E-state index in [0.717, 1.165) is 30.0 Å².